The number of anilines is 1. The summed E-state index contributed by atoms with van der Waals surface area (Å²) in [5.41, 5.74) is 0.643. The van der Waals surface area contributed by atoms with Crippen LogP contribution in [0.1, 0.15) is 26.7 Å². The molecule has 33 heavy (non-hydrogen) atoms. The Morgan fingerprint density at radius 1 is 1.06 bits per heavy atom. The highest BCUT2D eigenvalue weighted by Crippen LogP contribution is 2.23. The molecule has 0 spiro atoms. The molecule has 1 aliphatic rings. The molecule has 178 valence electrons. The molecule has 3 amide bonds. The van der Waals surface area contributed by atoms with Crippen LogP contribution in [0.5, 0.6) is 0 Å². The van der Waals surface area contributed by atoms with Gasteiger partial charge in [0, 0.05) is 44.4 Å². The van der Waals surface area contributed by atoms with Gasteiger partial charge in [0.1, 0.15) is 12.1 Å². The van der Waals surface area contributed by atoms with Crippen molar-refractivity contribution in [3.63, 3.8) is 0 Å². The van der Waals surface area contributed by atoms with E-state index in [0.717, 1.165) is 0 Å². The second-order valence-corrected chi connectivity index (χ2v) is 8.58. The average Bonchev–Trinajstić information content (AvgIpc) is 3.22. The molecule has 1 fully saturated rings. The summed E-state index contributed by atoms with van der Waals surface area (Å²) in [4.78, 5) is 46.3. The zero-order valence-electron chi connectivity index (χ0n) is 19.5. The lowest BCUT2D eigenvalue weighted by molar-refractivity contribution is -0.138. The summed E-state index contributed by atoms with van der Waals surface area (Å²) in [6.07, 6.45) is -0.409. The van der Waals surface area contributed by atoms with Gasteiger partial charge in [-0.3, -0.25) is 9.69 Å². The van der Waals surface area contributed by atoms with Crippen LogP contribution in [0.25, 0.3) is 11.4 Å². The molecule has 0 atom stereocenters. The number of aryl methyl sites for hydroxylation is 1. The van der Waals surface area contributed by atoms with Crippen LogP contribution in [0.2, 0.25) is 0 Å². The van der Waals surface area contributed by atoms with Crippen LogP contribution in [0.15, 0.2) is 28.8 Å². The molecule has 1 saturated heterocycles. The normalized spacial score (nSPS) is 14.1. The van der Waals surface area contributed by atoms with Crippen LogP contribution in [0.3, 0.4) is 0 Å². The van der Waals surface area contributed by atoms with Crippen molar-refractivity contribution in [3.05, 3.63) is 30.2 Å². The highest BCUT2D eigenvalue weighted by Gasteiger charge is 2.31. The lowest BCUT2D eigenvalue weighted by Crippen LogP contribution is -2.55. The van der Waals surface area contributed by atoms with E-state index in [1.54, 1.807) is 61.8 Å². The number of urea groups is 1. The smallest absolute Gasteiger partial charge is 0.410 e. The van der Waals surface area contributed by atoms with E-state index in [-0.39, 0.29) is 12.6 Å². The number of aromatic nitrogens is 2. The Kier molecular flexibility index (Phi) is 7.19. The van der Waals surface area contributed by atoms with Gasteiger partial charge in [0.15, 0.2) is 0 Å². The number of esters is 1. The predicted octanol–water partition coefficient (Wildman–Crippen LogP) is 2.70. The van der Waals surface area contributed by atoms with Gasteiger partial charge in [-0.05, 0) is 45.0 Å². The number of benzene rings is 1. The fraction of sp³-hybridized carbons (Fsp3) is 0.500. The SMILES string of the molecule is COC(=O)CN(C(=O)N1CCN(C(=O)OC(C)(C)C)CC1)c1ccc(-c2noc(C)n2)cc1. The van der Waals surface area contributed by atoms with E-state index in [4.69, 9.17) is 14.0 Å². The van der Waals surface area contributed by atoms with Gasteiger partial charge >= 0.3 is 18.1 Å². The Bertz CT molecular complexity index is 989. The Labute approximate surface area is 192 Å². The number of piperazine rings is 1. The van der Waals surface area contributed by atoms with E-state index < -0.39 is 17.7 Å². The van der Waals surface area contributed by atoms with Crippen molar-refractivity contribution in [1.29, 1.82) is 0 Å². The lowest BCUT2D eigenvalue weighted by atomic mass is 10.2. The summed E-state index contributed by atoms with van der Waals surface area (Å²) in [5, 5.41) is 3.88. The highest BCUT2D eigenvalue weighted by molar-refractivity contribution is 5.97. The molecule has 0 radical (unpaired) electrons. The highest BCUT2D eigenvalue weighted by atomic mass is 16.6. The Hall–Kier alpha value is -3.63. The summed E-state index contributed by atoms with van der Waals surface area (Å²) in [7, 11) is 1.27. The van der Waals surface area contributed by atoms with E-state index in [1.165, 1.54) is 12.0 Å². The molecule has 2 heterocycles. The maximum atomic E-state index is 13.3. The molecule has 0 unspecified atom stereocenters. The van der Waals surface area contributed by atoms with Crippen LogP contribution >= 0.6 is 0 Å². The molecule has 1 aromatic carbocycles. The number of hydrogen-bond acceptors (Lipinski definition) is 8. The van der Waals surface area contributed by atoms with Crippen LogP contribution in [-0.2, 0) is 14.3 Å². The molecule has 0 saturated carbocycles. The molecular formula is C22H29N5O6. The fourth-order valence-corrected chi connectivity index (χ4v) is 3.25. The molecule has 11 heteroatoms. The lowest BCUT2D eigenvalue weighted by Gasteiger charge is -2.37. The first kappa shape index (κ1) is 24.0. The van der Waals surface area contributed by atoms with Gasteiger partial charge in [0.25, 0.3) is 0 Å². The zero-order valence-corrected chi connectivity index (χ0v) is 19.5. The van der Waals surface area contributed by atoms with Crippen molar-refractivity contribution in [2.24, 2.45) is 0 Å². The molecule has 2 aromatic rings. The summed E-state index contributed by atoms with van der Waals surface area (Å²) in [5.74, 6) is 0.332. The number of carbonyl (C=O) groups excluding carboxylic acids is 3. The van der Waals surface area contributed by atoms with Crippen molar-refractivity contribution in [2.45, 2.75) is 33.3 Å². The second kappa shape index (κ2) is 9.88. The first-order chi connectivity index (χ1) is 15.6. The van der Waals surface area contributed by atoms with Crippen LogP contribution in [-0.4, -0.2) is 83.5 Å². The summed E-state index contributed by atoms with van der Waals surface area (Å²) in [6, 6.07) is 6.56. The molecule has 11 nitrogen and oxygen atoms in total. The molecular weight excluding hydrogens is 430 g/mol. The van der Waals surface area contributed by atoms with E-state index in [0.29, 0.717) is 49.1 Å². The number of ether oxygens (including phenoxy) is 2. The third kappa shape index (κ3) is 6.21. The van der Waals surface area contributed by atoms with Gasteiger partial charge in [-0.2, -0.15) is 4.98 Å². The van der Waals surface area contributed by atoms with E-state index in [2.05, 4.69) is 10.1 Å². The van der Waals surface area contributed by atoms with Crippen molar-refractivity contribution in [2.75, 3.05) is 44.7 Å². The Morgan fingerprint density at radius 3 is 2.18 bits per heavy atom. The number of amides is 3. The van der Waals surface area contributed by atoms with Gasteiger partial charge in [-0.15, -0.1) is 0 Å². The summed E-state index contributed by atoms with van der Waals surface area (Å²) in [6.45, 7) is 8.17. The topological polar surface area (TPSA) is 118 Å². The molecule has 3 rings (SSSR count). The van der Waals surface area contributed by atoms with Crippen LogP contribution in [0.4, 0.5) is 15.3 Å². The van der Waals surface area contributed by atoms with Crippen molar-refractivity contribution < 1.29 is 28.4 Å². The van der Waals surface area contributed by atoms with Gasteiger partial charge in [-0.1, -0.05) is 5.16 Å². The predicted molar refractivity (Wildman–Crippen MR) is 119 cm³/mol. The molecule has 1 aliphatic heterocycles. The number of rotatable bonds is 4. The Morgan fingerprint density at radius 2 is 1.67 bits per heavy atom. The first-order valence-corrected chi connectivity index (χ1v) is 10.6. The molecule has 0 N–H and O–H groups in total. The van der Waals surface area contributed by atoms with Gasteiger partial charge < -0.3 is 23.8 Å². The maximum Gasteiger partial charge on any atom is 0.410 e. The molecule has 0 aliphatic carbocycles. The molecule has 1 aromatic heterocycles. The number of nitrogens with zero attached hydrogens (tertiary/aromatic N) is 5. The summed E-state index contributed by atoms with van der Waals surface area (Å²) >= 11 is 0. The zero-order chi connectivity index (χ0) is 24.2. The van der Waals surface area contributed by atoms with Gasteiger partial charge in [-0.25, -0.2) is 9.59 Å². The Balaban J connectivity index is 1.71. The number of hydrogen-bond donors (Lipinski definition) is 0. The first-order valence-electron chi connectivity index (χ1n) is 10.6. The largest absolute Gasteiger partial charge is 0.468 e. The minimum absolute atomic E-state index is 0.248. The summed E-state index contributed by atoms with van der Waals surface area (Å²) < 4.78 is 15.2. The molecule has 0 bridgehead atoms. The number of carbonyl (C=O) groups is 3. The van der Waals surface area contributed by atoms with Crippen molar-refractivity contribution >= 4 is 23.8 Å². The number of methoxy groups -OCH3 is 1. The van der Waals surface area contributed by atoms with E-state index >= 15 is 0 Å². The second-order valence-electron chi connectivity index (χ2n) is 8.58. The fourth-order valence-electron chi connectivity index (χ4n) is 3.25. The monoisotopic (exact) mass is 459 g/mol. The van der Waals surface area contributed by atoms with Gasteiger partial charge in [0.2, 0.25) is 11.7 Å². The van der Waals surface area contributed by atoms with E-state index in [9.17, 15) is 14.4 Å². The van der Waals surface area contributed by atoms with Crippen molar-refractivity contribution in [3.8, 4) is 11.4 Å². The minimum atomic E-state index is -0.590. The average molecular weight is 460 g/mol. The van der Waals surface area contributed by atoms with E-state index in [1.807, 2.05) is 0 Å². The standard InChI is InChI=1S/C22H29N5O6/c1-15-23-19(24-33-15)16-6-8-17(9-7-16)27(14-18(28)31-5)20(29)25-10-12-26(13-11-25)21(30)32-22(2,3)4/h6-9H,10-14H2,1-5H3. The quantitative estimate of drug-likeness (QED) is 0.641. The van der Waals surface area contributed by atoms with Crippen molar-refractivity contribution in [1.82, 2.24) is 19.9 Å². The van der Waals surface area contributed by atoms with Crippen LogP contribution in [0, 0.1) is 6.92 Å². The third-order valence-electron chi connectivity index (χ3n) is 4.91. The minimum Gasteiger partial charge on any atom is -0.468 e. The van der Waals surface area contributed by atoms with Gasteiger partial charge in [0.05, 0.1) is 7.11 Å². The van der Waals surface area contributed by atoms with Crippen LogP contribution < -0.4 is 4.90 Å². The third-order valence-corrected chi connectivity index (χ3v) is 4.91. The maximum absolute atomic E-state index is 13.3.